The maximum absolute atomic E-state index is 12.8. The van der Waals surface area contributed by atoms with Crippen LogP contribution < -0.4 is 0 Å². The molecule has 1 nitrogen and oxygen atoms in total. The molecule has 3 rings (SSSR count). The van der Waals surface area contributed by atoms with Crippen LogP contribution in [0.15, 0.2) is 72.8 Å². The summed E-state index contributed by atoms with van der Waals surface area (Å²) in [6.45, 7) is 2.15. The molecule has 1 atom stereocenters. The van der Waals surface area contributed by atoms with Crippen molar-refractivity contribution >= 4 is 16.6 Å². The van der Waals surface area contributed by atoms with Crippen LogP contribution in [0.4, 0.5) is 0 Å². The number of Topliss-reactive ketones (excluding diaryl/α,β-unsaturated/α-hetero) is 1. The van der Waals surface area contributed by atoms with E-state index in [1.165, 1.54) is 5.56 Å². The van der Waals surface area contributed by atoms with Crippen LogP contribution in [0.5, 0.6) is 0 Å². The lowest BCUT2D eigenvalue weighted by Gasteiger charge is -2.15. The van der Waals surface area contributed by atoms with Gasteiger partial charge in [0.05, 0.1) is 0 Å². The van der Waals surface area contributed by atoms with Gasteiger partial charge in [-0.3, -0.25) is 4.79 Å². The zero-order valence-corrected chi connectivity index (χ0v) is 12.8. The third-order valence-electron chi connectivity index (χ3n) is 4.29. The molecule has 0 amide bonds. The number of rotatable bonds is 5. The van der Waals surface area contributed by atoms with Crippen LogP contribution in [0, 0.1) is 0 Å². The lowest BCUT2D eigenvalue weighted by molar-refractivity contribution is 0.0974. The number of hydrogen-bond acceptors (Lipinski definition) is 1. The van der Waals surface area contributed by atoms with Crippen LogP contribution in [0.2, 0.25) is 0 Å². The fraction of sp³-hybridized carbons (Fsp3) is 0.190. The van der Waals surface area contributed by atoms with Crippen LogP contribution >= 0.6 is 0 Å². The van der Waals surface area contributed by atoms with Crippen molar-refractivity contribution in [2.75, 3.05) is 0 Å². The Labute approximate surface area is 131 Å². The maximum atomic E-state index is 12.8. The number of fused-ring (bicyclic) bond motifs is 1. The SMILES string of the molecule is CC[C@@H](CC(=O)c1cccc2ccccc12)c1ccccc1. The predicted octanol–water partition coefficient (Wildman–Crippen LogP) is 5.61. The number of benzene rings is 3. The molecule has 3 aromatic carbocycles. The van der Waals surface area contributed by atoms with Gasteiger partial charge in [-0.25, -0.2) is 0 Å². The zero-order chi connectivity index (χ0) is 15.4. The summed E-state index contributed by atoms with van der Waals surface area (Å²) in [7, 11) is 0. The van der Waals surface area contributed by atoms with E-state index in [0.717, 1.165) is 22.8 Å². The quantitative estimate of drug-likeness (QED) is 0.558. The molecular formula is C21H20O. The van der Waals surface area contributed by atoms with Gasteiger partial charge in [0.15, 0.2) is 5.78 Å². The molecule has 22 heavy (non-hydrogen) atoms. The topological polar surface area (TPSA) is 17.1 Å². The Morgan fingerprint density at radius 3 is 2.32 bits per heavy atom. The summed E-state index contributed by atoms with van der Waals surface area (Å²) in [5, 5.41) is 2.18. The summed E-state index contributed by atoms with van der Waals surface area (Å²) >= 11 is 0. The van der Waals surface area contributed by atoms with E-state index in [1.807, 2.05) is 48.5 Å². The van der Waals surface area contributed by atoms with Gasteiger partial charge in [0.2, 0.25) is 0 Å². The van der Waals surface area contributed by atoms with E-state index in [-0.39, 0.29) is 11.7 Å². The summed E-state index contributed by atoms with van der Waals surface area (Å²) in [6, 6.07) is 24.4. The van der Waals surface area contributed by atoms with E-state index < -0.39 is 0 Å². The highest BCUT2D eigenvalue weighted by molar-refractivity contribution is 6.08. The Balaban J connectivity index is 1.90. The Bertz CT molecular complexity index is 769. The van der Waals surface area contributed by atoms with Gasteiger partial charge in [-0.05, 0) is 28.7 Å². The fourth-order valence-corrected chi connectivity index (χ4v) is 3.03. The molecule has 0 fully saturated rings. The first-order valence-corrected chi connectivity index (χ1v) is 7.85. The van der Waals surface area contributed by atoms with Gasteiger partial charge in [-0.2, -0.15) is 0 Å². The molecule has 0 aliphatic rings. The van der Waals surface area contributed by atoms with Crippen molar-refractivity contribution in [1.82, 2.24) is 0 Å². The minimum atomic E-state index is 0.229. The summed E-state index contributed by atoms with van der Waals surface area (Å²) in [5.74, 6) is 0.514. The van der Waals surface area contributed by atoms with Crippen molar-refractivity contribution < 1.29 is 4.79 Å². The van der Waals surface area contributed by atoms with Gasteiger partial charge in [0, 0.05) is 12.0 Å². The molecule has 0 spiro atoms. The lowest BCUT2D eigenvalue weighted by Crippen LogP contribution is -2.07. The minimum Gasteiger partial charge on any atom is -0.294 e. The van der Waals surface area contributed by atoms with Crippen molar-refractivity contribution in [2.24, 2.45) is 0 Å². The van der Waals surface area contributed by atoms with Crippen LogP contribution in [-0.2, 0) is 0 Å². The summed E-state index contributed by atoms with van der Waals surface area (Å²) in [5.41, 5.74) is 2.09. The van der Waals surface area contributed by atoms with Gasteiger partial charge < -0.3 is 0 Å². The number of carbonyl (C=O) groups excluding carboxylic acids is 1. The largest absolute Gasteiger partial charge is 0.294 e. The predicted molar refractivity (Wildman–Crippen MR) is 92.4 cm³/mol. The van der Waals surface area contributed by atoms with Gasteiger partial charge in [-0.15, -0.1) is 0 Å². The van der Waals surface area contributed by atoms with E-state index in [4.69, 9.17) is 0 Å². The van der Waals surface area contributed by atoms with Crippen LogP contribution in [-0.4, -0.2) is 5.78 Å². The van der Waals surface area contributed by atoms with E-state index in [1.54, 1.807) is 0 Å². The molecule has 0 aliphatic carbocycles. The first-order valence-electron chi connectivity index (χ1n) is 7.85. The number of hydrogen-bond donors (Lipinski definition) is 0. The molecule has 0 radical (unpaired) electrons. The molecule has 0 N–H and O–H groups in total. The smallest absolute Gasteiger partial charge is 0.164 e. The van der Waals surface area contributed by atoms with E-state index >= 15 is 0 Å². The van der Waals surface area contributed by atoms with Crippen molar-refractivity contribution in [3.63, 3.8) is 0 Å². The first-order chi connectivity index (χ1) is 10.8. The van der Waals surface area contributed by atoms with Crippen molar-refractivity contribution in [3.05, 3.63) is 83.9 Å². The molecule has 0 bridgehead atoms. The average molecular weight is 288 g/mol. The third kappa shape index (κ3) is 2.94. The summed E-state index contributed by atoms with van der Waals surface area (Å²) in [6.07, 6.45) is 1.54. The summed E-state index contributed by atoms with van der Waals surface area (Å²) in [4.78, 5) is 12.8. The Morgan fingerprint density at radius 1 is 0.864 bits per heavy atom. The Morgan fingerprint density at radius 2 is 1.55 bits per heavy atom. The molecule has 0 saturated carbocycles. The second-order valence-electron chi connectivity index (χ2n) is 5.67. The van der Waals surface area contributed by atoms with Gasteiger partial charge in [0.25, 0.3) is 0 Å². The molecule has 110 valence electrons. The van der Waals surface area contributed by atoms with Gasteiger partial charge >= 0.3 is 0 Å². The van der Waals surface area contributed by atoms with E-state index in [9.17, 15) is 4.79 Å². The number of ketones is 1. The monoisotopic (exact) mass is 288 g/mol. The highest BCUT2D eigenvalue weighted by atomic mass is 16.1. The third-order valence-corrected chi connectivity index (χ3v) is 4.29. The standard InChI is InChI=1S/C21H20O/c1-2-16(17-9-4-3-5-10-17)15-21(22)20-14-8-12-18-11-6-7-13-19(18)20/h3-14,16H,2,15H2,1H3/t16-/m0/s1. The van der Waals surface area contributed by atoms with Crippen molar-refractivity contribution in [2.45, 2.75) is 25.7 Å². The second kappa shape index (κ2) is 6.57. The Hall–Kier alpha value is -2.41. The van der Waals surface area contributed by atoms with Crippen LogP contribution in [0.1, 0.15) is 41.6 Å². The van der Waals surface area contributed by atoms with Gasteiger partial charge in [-0.1, -0.05) is 79.7 Å². The molecule has 0 saturated heterocycles. The van der Waals surface area contributed by atoms with E-state index in [0.29, 0.717) is 6.42 Å². The highest BCUT2D eigenvalue weighted by Crippen LogP contribution is 2.27. The molecule has 3 aromatic rings. The van der Waals surface area contributed by atoms with Crippen molar-refractivity contribution in [3.8, 4) is 0 Å². The van der Waals surface area contributed by atoms with E-state index in [2.05, 4.69) is 31.2 Å². The Kier molecular flexibility index (Phi) is 4.34. The molecule has 0 aliphatic heterocycles. The maximum Gasteiger partial charge on any atom is 0.164 e. The minimum absolute atomic E-state index is 0.229. The fourth-order valence-electron chi connectivity index (χ4n) is 3.03. The zero-order valence-electron chi connectivity index (χ0n) is 12.8. The molecule has 0 aromatic heterocycles. The molecule has 0 unspecified atom stereocenters. The van der Waals surface area contributed by atoms with Gasteiger partial charge in [0.1, 0.15) is 0 Å². The van der Waals surface area contributed by atoms with Crippen molar-refractivity contribution in [1.29, 1.82) is 0 Å². The lowest BCUT2D eigenvalue weighted by atomic mass is 9.88. The molecular weight excluding hydrogens is 268 g/mol. The molecule has 0 heterocycles. The first kappa shape index (κ1) is 14.5. The second-order valence-corrected chi connectivity index (χ2v) is 5.67. The number of carbonyl (C=O) groups is 1. The average Bonchev–Trinajstić information content (AvgIpc) is 2.59. The normalized spacial score (nSPS) is 12.2. The van der Waals surface area contributed by atoms with Crippen LogP contribution in [0.3, 0.4) is 0 Å². The molecule has 1 heteroatoms. The summed E-state index contributed by atoms with van der Waals surface area (Å²) < 4.78 is 0. The highest BCUT2D eigenvalue weighted by Gasteiger charge is 2.17. The van der Waals surface area contributed by atoms with Crippen LogP contribution in [0.25, 0.3) is 10.8 Å².